The Balaban J connectivity index is 1.21. The molecule has 2 aromatic rings. The average Bonchev–Trinajstić information content (AvgIpc) is 3.46. The van der Waals surface area contributed by atoms with Crippen LogP contribution in [-0.2, 0) is 11.5 Å². The van der Waals surface area contributed by atoms with Crippen molar-refractivity contribution in [2.24, 2.45) is 5.92 Å². The highest BCUT2D eigenvalue weighted by Gasteiger charge is 2.43. The fourth-order valence-corrected chi connectivity index (χ4v) is 4.67. The Labute approximate surface area is 204 Å². The summed E-state index contributed by atoms with van der Waals surface area (Å²) in [5.41, 5.74) is 0.861. The van der Waals surface area contributed by atoms with E-state index in [0.29, 0.717) is 49.9 Å². The number of aromatic nitrogens is 5. The van der Waals surface area contributed by atoms with Gasteiger partial charge in [0.25, 0.3) is 0 Å². The summed E-state index contributed by atoms with van der Waals surface area (Å²) >= 11 is 0. The summed E-state index contributed by atoms with van der Waals surface area (Å²) in [6.45, 7) is 11.7. The molecular formula is C23H32N10O2. The lowest BCUT2D eigenvalue weighted by molar-refractivity contribution is -0.127. The van der Waals surface area contributed by atoms with Crippen LogP contribution in [0.15, 0.2) is 25.2 Å². The molecule has 0 radical (unpaired) electrons. The molecule has 0 aromatic carbocycles. The topological polar surface area (TPSA) is 124 Å². The summed E-state index contributed by atoms with van der Waals surface area (Å²) in [5, 5.41) is 6.23. The second kappa shape index (κ2) is 9.61. The molecule has 2 saturated heterocycles. The highest BCUT2D eigenvalue weighted by atomic mass is 16.2. The molecule has 1 unspecified atom stereocenters. The SMILES string of the molecule is C=CC(=O)N1CCN(Cn2cnc([C@H](C)Nc3nc(C)nc(N4C(=O)NCC4C4CC4)n3)c2)CC1. The average molecular weight is 481 g/mol. The van der Waals surface area contributed by atoms with Gasteiger partial charge in [-0.05, 0) is 38.7 Å². The summed E-state index contributed by atoms with van der Waals surface area (Å²) in [6.07, 6.45) is 7.45. The molecule has 2 aliphatic heterocycles. The second-order valence-corrected chi connectivity index (χ2v) is 9.43. The van der Waals surface area contributed by atoms with Crippen molar-refractivity contribution in [2.45, 2.75) is 45.4 Å². The van der Waals surface area contributed by atoms with Crippen molar-refractivity contribution in [1.82, 2.24) is 39.6 Å². The maximum atomic E-state index is 12.5. The van der Waals surface area contributed by atoms with Gasteiger partial charge in [-0.1, -0.05) is 6.58 Å². The maximum absolute atomic E-state index is 12.5. The molecule has 12 nitrogen and oxygen atoms in total. The van der Waals surface area contributed by atoms with Gasteiger partial charge in [0.05, 0.1) is 30.8 Å². The zero-order valence-electron chi connectivity index (χ0n) is 20.2. The van der Waals surface area contributed by atoms with E-state index in [1.165, 1.54) is 6.08 Å². The van der Waals surface area contributed by atoms with Crippen LogP contribution in [0.5, 0.6) is 0 Å². The quantitative estimate of drug-likeness (QED) is 0.539. The lowest BCUT2D eigenvalue weighted by Gasteiger charge is -2.34. The van der Waals surface area contributed by atoms with E-state index in [-0.39, 0.29) is 24.0 Å². The number of piperazine rings is 1. The molecule has 1 saturated carbocycles. The van der Waals surface area contributed by atoms with E-state index in [1.807, 2.05) is 28.9 Å². The van der Waals surface area contributed by atoms with Gasteiger partial charge in [0, 0.05) is 38.9 Å². The predicted molar refractivity (Wildman–Crippen MR) is 130 cm³/mol. The van der Waals surface area contributed by atoms with Crippen LogP contribution in [0.1, 0.15) is 37.3 Å². The van der Waals surface area contributed by atoms with Crippen LogP contribution in [0.4, 0.5) is 16.7 Å². The molecule has 186 valence electrons. The molecule has 2 N–H and O–H groups in total. The molecule has 1 aliphatic carbocycles. The Morgan fingerprint density at radius 3 is 2.74 bits per heavy atom. The Morgan fingerprint density at radius 1 is 1.26 bits per heavy atom. The molecule has 35 heavy (non-hydrogen) atoms. The Hall–Kier alpha value is -3.54. The van der Waals surface area contributed by atoms with Gasteiger partial charge in [-0.3, -0.25) is 14.6 Å². The third-order valence-corrected chi connectivity index (χ3v) is 6.79. The number of amides is 3. The van der Waals surface area contributed by atoms with Crippen LogP contribution in [0, 0.1) is 12.8 Å². The summed E-state index contributed by atoms with van der Waals surface area (Å²) in [6, 6.07) is -0.193. The van der Waals surface area contributed by atoms with Gasteiger partial charge in [0.2, 0.25) is 17.8 Å². The summed E-state index contributed by atoms with van der Waals surface area (Å²) in [4.78, 5) is 48.0. The predicted octanol–water partition coefficient (Wildman–Crippen LogP) is 1.15. The maximum Gasteiger partial charge on any atom is 0.324 e. The molecule has 2 aromatic heterocycles. The molecule has 4 heterocycles. The number of urea groups is 1. The first-order valence-corrected chi connectivity index (χ1v) is 12.1. The van der Waals surface area contributed by atoms with Crippen molar-refractivity contribution < 1.29 is 9.59 Å². The molecule has 3 aliphatic rings. The van der Waals surface area contributed by atoms with E-state index in [9.17, 15) is 9.59 Å². The van der Waals surface area contributed by atoms with E-state index < -0.39 is 0 Å². The van der Waals surface area contributed by atoms with Crippen molar-refractivity contribution >= 4 is 23.8 Å². The van der Waals surface area contributed by atoms with E-state index in [2.05, 4.69) is 42.0 Å². The van der Waals surface area contributed by atoms with Gasteiger partial charge in [0.1, 0.15) is 5.82 Å². The Bertz CT molecular complexity index is 1110. The van der Waals surface area contributed by atoms with Gasteiger partial charge in [-0.25, -0.2) is 9.78 Å². The molecular weight excluding hydrogens is 448 g/mol. The number of aryl methyl sites for hydroxylation is 1. The first kappa shape index (κ1) is 23.2. The monoisotopic (exact) mass is 480 g/mol. The van der Waals surface area contributed by atoms with Crippen LogP contribution in [-0.4, -0.2) is 85.0 Å². The normalized spacial score (nSPS) is 21.7. The molecule has 3 amide bonds. The standard InChI is InChI=1S/C23H32N10O2/c1-4-20(34)32-9-7-30(8-10-32)14-31-12-18(25-13-31)15(2)26-21-27-16(3)28-22(29-21)33-19(17-5-6-17)11-24-23(33)35/h4,12-13,15,17,19H,1,5-11,14H2,2-3H3,(H,24,35)(H,26,27,28,29)/t15-,19?/m0/s1. The van der Waals surface area contributed by atoms with Crippen molar-refractivity contribution in [1.29, 1.82) is 0 Å². The van der Waals surface area contributed by atoms with Gasteiger partial charge in [-0.2, -0.15) is 15.0 Å². The summed E-state index contributed by atoms with van der Waals surface area (Å²) in [7, 11) is 0. The van der Waals surface area contributed by atoms with E-state index in [0.717, 1.165) is 31.6 Å². The number of imidazole rings is 1. The van der Waals surface area contributed by atoms with Crippen LogP contribution in [0.25, 0.3) is 0 Å². The highest BCUT2D eigenvalue weighted by Crippen LogP contribution is 2.38. The number of carbonyl (C=O) groups excluding carboxylic acids is 2. The fraction of sp³-hybridized carbons (Fsp3) is 0.565. The molecule has 2 atom stereocenters. The van der Waals surface area contributed by atoms with Crippen molar-refractivity contribution in [3.63, 3.8) is 0 Å². The molecule has 5 rings (SSSR count). The lowest BCUT2D eigenvalue weighted by Crippen LogP contribution is -2.48. The van der Waals surface area contributed by atoms with Crippen molar-refractivity contribution in [3.8, 4) is 0 Å². The van der Waals surface area contributed by atoms with Gasteiger partial charge in [-0.15, -0.1) is 0 Å². The Morgan fingerprint density at radius 2 is 2.03 bits per heavy atom. The van der Waals surface area contributed by atoms with Gasteiger partial charge < -0.3 is 20.1 Å². The first-order chi connectivity index (χ1) is 16.9. The third-order valence-electron chi connectivity index (χ3n) is 6.79. The number of anilines is 2. The molecule has 12 heteroatoms. The van der Waals surface area contributed by atoms with Crippen LogP contribution in [0.3, 0.4) is 0 Å². The van der Waals surface area contributed by atoms with Crippen LogP contribution < -0.4 is 15.5 Å². The minimum Gasteiger partial charge on any atom is -0.346 e. The van der Waals surface area contributed by atoms with Crippen LogP contribution in [0.2, 0.25) is 0 Å². The number of rotatable bonds is 8. The Kier molecular flexibility index (Phi) is 6.37. The largest absolute Gasteiger partial charge is 0.346 e. The van der Waals surface area contributed by atoms with Gasteiger partial charge in [0.15, 0.2) is 0 Å². The van der Waals surface area contributed by atoms with Crippen molar-refractivity contribution in [3.05, 3.63) is 36.7 Å². The zero-order chi connectivity index (χ0) is 24.5. The number of carbonyl (C=O) groups is 2. The number of nitrogens with zero attached hydrogens (tertiary/aromatic N) is 8. The molecule has 3 fully saturated rings. The fourth-order valence-electron chi connectivity index (χ4n) is 4.67. The second-order valence-electron chi connectivity index (χ2n) is 9.43. The minimum absolute atomic E-state index is 0.0142. The number of hydrogen-bond acceptors (Lipinski definition) is 8. The van der Waals surface area contributed by atoms with E-state index in [4.69, 9.17) is 0 Å². The molecule has 0 bridgehead atoms. The van der Waals surface area contributed by atoms with Gasteiger partial charge >= 0.3 is 6.03 Å². The smallest absolute Gasteiger partial charge is 0.324 e. The highest BCUT2D eigenvalue weighted by molar-refractivity contribution is 5.93. The third kappa shape index (κ3) is 5.11. The molecule has 0 spiro atoms. The summed E-state index contributed by atoms with van der Waals surface area (Å²) < 4.78 is 2.04. The summed E-state index contributed by atoms with van der Waals surface area (Å²) in [5.74, 6) is 1.86. The lowest BCUT2D eigenvalue weighted by atomic mass is 10.2. The van der Waals surface area contributed by atoms with Crippen molar-refractivity contribution in [2.75, 3.05) is 42.9 Å². The first-order valence-electron chi connectivity index (χ1n) is 12.1. The number of hydrogen-bond donors (Lipinski definition) is 2. The number of nitrogens with one attached hydrogen (secondary N) is 2. The van der Waals surface area contributed by atoms with Crippen LogP contribution >= 0.6 is 0 Å². The van der Waals surface area contributed by atoms with E-state index >= 15 is 0 Å². The zero-order valence-corrected chi connectivity index (χ0v) is 20.2. The van der Waals surface area contributed by atoms with E-state index in [1.54, 1.807) is 11.8 Å². The minimum atomic E-state index is -0.153.